The number of oxazole rings is 1. The topological polar surface area (TPSA) is 64.2 Å². The largest absolute Gasteiger partial charge is 0.420 e. The molecule has 5 heteroatoms. The third kappa shape index (κ3) is 3.67. The van der Waals surface area contributed by atoms with E-state index >= 15 is 0 Å². The van der Waals surface area contributed by atoms with Gasteiger partial charge in [0.2, 0.25) is 0 Å². The number of carbonyl (C=O) groups excluding carboxylic acids is 1. The number of nitrogens with one attached hydrogen (secondary N) is 1. The van der Waals surface area contributed by atoms with Gasteiger partial charge in [0.05, 0.1) is 12.1 Å². The fourth-order valence-electron chi connectivity index (χ4n) is 3.00. The first-order valence-electron chi connectivity index (χ1n) is 8.70. The van der Waals surface area contributed by atoms with Crippen molar-refractivity contribution in [3.63, 3.8) is 0 Å². The summed E-state index contributed by atoms with van der Waals surface area (Å²) >= 11 is 0. The van der Waals surface area contributed by atoms with Crippen LogP contribution in [0.2, 0.25) is 0 Å². The summed E-state index contributed by atoms with van der Waals surface area (Å²) in [7, 11) is 0. The number of fused-ring (bicyclic) bond motifs is 1. The van der Waals surface area contributed by atoms with Crippen molar-refractivity contribution in [3.05, 3.63) is 106 Å². The Hall–Kier alpha value is -3.60. The van der Waals surface area contributed by atoms with Crippen molar-refractivity contribution in [1.82, 2.24) is 9.88 Å². The lowest BCUT2D eigenvalue weighted by atomic mass is 10.1. The molecule has 1 amide bonds. The van der Waals surface area contributed by atoms with Crippen LogP contribution in [0.3, 0.4) is 0 Å². The van der Waals surface area contributed by atoms with Crippen LogP contribution in [0, 0.1) is 0 Å². The highest BCUT2D eigenvalue weighted by Gasteiger charge is 2.13. The van der Waals surface area contributed by atoms with E-state index in [0.717, 1.165) is 11.1 Å². The van der Waals surface area contributed by atoms with Crippen LogP contribution < -0.4 is 11.1 Å². The highest BCUT2D eigenvalue weighted by atomic mass is 16.4. The molecular weight excluding hydrogens is 340 g/mol. The van der Waals surface area contributed by atoms with Crippen molar-refractivity contribution in [3.8, 4) is 0 Å². The van der Waals surface area contributed by atoms with Crippen molar-refractivity contribution >= 4 is 17.0 Å². The molecule has 0 aliphatic rings. The number of carbonyl (C=O) groups is 1. The first-order valence-corrected chi connectivity index (χ1v) is 8.70. The van der Waals surface area contributed by atoms with E-state index in [-0.39, 0.29) is 5.91 Å². The van der Waals surface area contributed by atoms with Gasteiger partial charge in [-0.3, -0.25) is 9.36 Å². The van der Waals surface area contributed by atoms with Gasteiger partial charge in [0.25, 0.3) is 5.91 Å². The van der Waals surface area contributed by atoms with Gasteiger partial charge in [-0.2, -0.15) is 0 Å². The maximum absolute atomic E-state index is 12.5. The number of benzene rings is 3. The summed E-state index contributed by atoms with van der Waals surface area (Å²) in [5, 5.41) is 2.90. The number of rotatable bonds is 5. The minimum Gasteiger partial charge on any atom is -0.408 e. The lowest BCUT2D eigenvalue weighted by molar-refractivity contribution is 0.0951. The van der Waals surface area contributed by atoms with Crippen LogP contribution in [-0.4, -0.2) is 10.5 Å². The first-order chi connectivity index (χ1) is 13.2. The predicted octanol–water partition coefficient (Wildman–Crippen LogP) is 3.57. The molecule has 5 nitrogen and oxygen atoms in total. The monoisotopic (exact) mass is 358 g/mol. The normalized spacial score (nSPS) is 10.8. The molecule has 0 fully saturated rings. The predicted molar refractivity (Wildman–Crippen MR) is 104 cm³/mol. The molecule has 0 aliphatic heterocycles. The zero-order valence-corrected chi connectivity index (χ0v) is 14.6. The van der Waals surface area contributed by atoms with Gasteiger partial charge in [0.15, 0.2) is 5.58 Å². The number of aromatic nitrogens is 1. The van der Waals surface area contributed by atoms with E-state index in [1.165, 1.54) is 0 Å². The summed E-state index contributed by atoms with van der Waals surface area (Å²) in [4.78, 5) is 24.7. The lowest BCUT2D eigenvalue weighted by Crippen LogP contribution is -2.22. The van der Waals surface area contributed by atoms with Gasteiger partial charge in [0.1, 0.15) is 0 Å². The van der Waals surface area contributed by atoms with Crippen molar-refractivity contribution in [2.45, 2.75) is 13.1 Å². The van der Waals surface area contributed by atoms with Crippen molar-refractivity contribution in [1.29, 1.82) is 0 Å². The molecule has 0 saturated carbocycles. The van der Waals surface area contributed by atoms with E-state index in [1.54, 1.807) is 22.8 Å². The molecule has 0 radical (unpaired) electrons. The van der Waals surface area contributed by atoms with Crippen LogP contribution in [0.5, 0.6) is 0 Å². The minimum atomic E-state index is -0.435. The van der Waals surface area contributed by atoms with Crippen LogP contribution in [0.25, 0.3) is 11.1 Å². The molecule has 3 aromatic carbocycles. The zero-order valence-electron chi connectivity index (χ0n) is 14.6. The molecule has 1 aromatic heterocycles. The first kappa shape index (κ1) is 16.8. The van der Waals surface area contributed by atoms with E-state index in [4.69, 9.17) is 4.42 Å². The van der Waals surface area contributed by atoms with Gasteiger partial charge in [-0.15, -0.1) is 0 Å². The van der Waals surface area contributed by atoms with E-state index < -0.39 is 5.76 Å². The minimum absolute atomic E-state index is 0.194. The summed E-state index contributed by atoms with van der Waals surface area (Å²) < 4.78 is 6.85. The maximum atomic E-state index is 12.5. The van der Waals surface area contributed by atoms with E-state index in [2.05, 4.69) is 5.32 Å². The van der Waals surface area contributed by atoms with Crippen molar-refractivity contribution in [2.24, 2.45) is 0 Å². The summed E-state index contributed by atoms with van der Waals surface area (Å²) in [6.45, 7) is 0.835. The quantitative estimate of drug-likeness (QED) is 0.593. The van der Waals surface area contributed by atoms with Gasteiger partial charge in [0, 0.05) is 12.1 Å². The van der Waals surface area contributed by atoms with Crippen LogP contribution in [-0.2, 0) is 13.1 Å². The summed E-state index contributed by atoms with van der Waals surface area (Å²) in [5.74, 6) is -0.628. The van der Waals surface area contributed by atoms with Crippen LogP contribution in [0.4, 0.5) is 0 Å². The molecule has 0 aliphatic carbocycles. The molecule has 0 saturated heterocycles. The Morgan fingerprint density at radius 2 is 1.56 bits per heavy atom. The fraction of sp³-hybridized carbons (Fsp3) is 0.0909. The number of nitrogens with zero attached hydrogens (tertiary/aromatic N) is 1. The Morgan fingerprint density at radius 3 is 2.26 bits per heavy atom. The Balaban J connectivity index is 1.60. The molecule has 4 aromatic rings. The van der Waals surface area contributed by atoms with Gasteiger partial charge in [-0.1, -0.05) is 60.7 Å². The molecule has 4 rings (SSSR count). The van der Waals surface area contributed by atoms with Gasteiger partial charge >= 0.3 is 5.76 Å². The van der Waals surface area contributed by atoms with Crippen LogP contribution in [0.15, 0.2) is 88.1 Å². The Morgan fingerprint density at radius 1 is 0.889 bits per heavy atom. The third-order valence-corrected chi connectivity index (χ3v) is 4.41. The second-order valence-corrected chi connectivity index (χ2v) is 6.29. The van der Waals surface area contributed by atoms with Crippen molar-refractivity contribution < 1.29 is 9.21 Å². The summed E-state index contributed by atoms with van der Waals surface area (Å²) in [5.41, 5.74) is 3.57. The molecule has 1 heterocycles. The molecule has 0 atom stereocenters. The van der Waals surface area contributed by atoms with Gasteiger partial charge in [-0.05, 0) is 29.3 Å². The van der Waals surface area contributed by atoms with Gasteiger partial charge in [-0.25, -0.2) is 4.79 Å². The molecule has 1 N–H and O–H groups in total. The Labute approximate surface area is 155 Å². The highest BCUT2D eigenvalue weighted by molar-refractivity contribution is 5.97. The molecule has 134 valence electrons. The SMILES string of the molecule is O=C(NCc1ccccc1)c1ccc2oc(=O)n(Cc3ccccc3)c2c1. The maximum Gasteiger partial charge on any atom is 0.420 e. The Bertz CT molecular complexity index is 1130. The van der Waals surface area contributed by atoms with Crippen LogP contribution in [0.1, 0.15) is 21.5 Å². The van der Waals surface area contributed by atoms with Gasteiger partial charge < -0.3 is 9.73 Å². The number of amides is 1. The fourth-order valence-corrected chi connectivity index (χ4v) is 3.00. The van der Waals surface area contributed by atoms with Crippen LogP contribution >= 0.6 is 0 Å². The zero-order chi connectivity index (χ0) is 18.6. The third-order valence-electron chi connectivity index (χ3n) is 4.41. The Kier molecular flexibility index (Phi) is 4.58. The second kappa shape index (κ2) is 7.33. The number of hydrogen-bond donors (Lipinski definition) is 1. The molecule has 27 heavy (non-hydrogen) atoms. The summed E-state index contributed by atoms with van der Waals surface area (Å²) in [6.07, 6.45) is 0. The van der Waals surface area contributed by atoms with E-state index in [9.17, 15) is 9.59 Å². The smallest absolute Gasteiger partial charge is 0.408 e. The molecule has 0 unspecified atom stereocenters. The molecule has 0 spiro atoms. The summed E-state index contributed by atoms with van der Waals surface area (Å²) in [6, 6.07) is 24.4. The average Bonchev–Trinajstić information content (AvgIpc) is 3.02. The van der Waals surface area contributed by atoms with E-state index in [1.807, 2.05) is 60.7 Å². The highest BCUT2D eigenvalue weighted by Crippen LogP contribution is 2.17. The van der Waals surface area contributed by atoms with E-state index in [0.29, 0.717) is 29.8 Å². The average molecular weight is 358 g/mol. The van der Waals surface area contributed by atoms with Crippen molar-refractivity contribution in [2.75, 3.05) is 0 Å². The number of hydrogen-bond acceptors (Lipinski definition) is 3. The lowest BCUT2D eigenvalue weighted by Gasteiger charge is -2.06. The molecular formula is C22H18N2O3. The molecule has 0 bridgehead atoms. The second-order valence-electron chi connectivity index (χ2n) is 6.29. The standard InChI is InChI=1S/C22H18N2O3/c25-21(23-14-16-7-3-1-4-8-16)18-11-12-20-19(13-18)24(22(26)27-20)15-17-9-5-2-6-10-17/h1-13H,14-15H2,(H,23,25).